The largest absolute Gasteiger partial charge is 0.350 e. The molecule has 0 spiro atoms. The zero-order chi connectivity index (χ0) is 10.7. The van der Waals surface area contributed by atoms with Gasteiger partial charge in [0.05, 0.1) is 5.56 Å². The van der Waals surface area contributed by atoms with Gasteiger partial charge in [-0.15, -0.1) is 0 Å². The Morgan fingerprint density at radius 2 is 2.07 bits per heavy atom. The molecule has 0 saturated heterocycles. The van der Waals surface area contributed by atoms with Crippen molar-refractivity contribution in [1.29, 1.82) is 0 Å². The molecule has 0 heterocycles. The maximum Gasteiger partial charge on any atom is 0.252 e. The van der Waals surface area contributed by atoms with Gasteiger partial charge in [-0.1, -0.05) is 12.1 Å². The van der Waals surface area contributed by atoms with E-state index in [0.717, 1.165) is 10.0 Å². The van der Waals surface area contributed by atoms with Crippen LogP contribution in [0.15, 0.2) is 22.7 Å². The van der Waals surface area contributed by atoms with E-state index in [4.69, 9.17) is 0 Å². The van der Waals surface area contributed by atoms with Gasteiger partial charge in [-0.25, -0.2) is 0 Å². The average molecular weight is 256 g/mol. The molecule has 1 rings (SSSR count). The minimum atomic E-state index is -0.0319. The fraction of sp³-hybridized carbons (Fsp3) is 0.364. The number of amides is 1. The summed E-state index contributed by atoms with van der Waals surface area (Å²) in [6.07, 6.45) is 0. The molecule has 0 aliphatic rings. The monoisotopic (exact) mass is 255 g/mol. The minimum absolute atomic E-state index is 0.0319. The van der Waals surface area contributed by atoms with Crippen LogP contribution >= 0.6 is 15.9 Å². The third-order valence-electron chi connectivity index (χ3n) is 1.86. The van der Waals surface area contributed by atoms with Crippen LogP contribution in [0, 0.1) is 6.92 Å². The van der Waals surface area contributed by atoms with E-state index >= 15 is 0 Å². The predicted octanol–water partition coefficient (Wildman–Crippen LogP) is 2.90. The Morgan fingerprint density at radius 1 is 1.43 bits per heavy atom. The lowest BCUT2D eigenvalue weighted by molar-refractivity contribution is 0.0942. The quantitative estimate of drug-likeness (QED) is 0.866. The summed E-state index contributed by atoms with van der Waals surface area (Å²) in [6, 6.07) is 5.83. The number of hydrogen-bond donors (Lipinski definition) is 1. The molecule has 1 amide bonds. The van der Waals surface area contributed by atoms with Gasteiger partial charge in [-0.3, -0.25) is 4.79 Å². The lowest BCUT2D eigenvalue weighted by atomic mass is 10.1. The summed E-state index contributed by atoms with van der Waals surface area (Å²) in [5.74, 6) is -0.0319. The van der Waals surface area contributed by atoms with Crippen molar-refractivity contribution in [3.63, 3.8) is 0 Å². The number of benzene rings is 1. The molecule has 14 heavy (non-hydrogen) atoms. The van der Waals surface area contributed by atoms with Crippen LogP contribution in [0.3, 0.4) is 0 Å². The lowest BCUT2D eigenvalue weighted by Crippen LogP contribution is -2.30. The topological polar surface area (TPSA) is 29.1 Å². The van der Waals surface area contributed by atoms with E-state index < -0.39 is 0 Å². The molecule has 0 bridgehead atoms. The van der Waals surface area contributed by atoms with E-state index in [0.29, 0.717) is 5.56 Å². The van der Waals surface area contributed by atoms with E-state index in [1.807, 2.05) is 39.0 Å². The number of carbonyl (C=O) groups excluding carboxylic acids is 1. The molecule has 0 saturated carbocycles. The molecule has 1 aromatic rings. The first kappa shape index (κ1) is 11.2. The van der Waals surface area contributed by atoms with Crippen LogP contribution in [0.5, 0.6) is 0 Å². The van der Waals surface area contributed by atoms with Crippen molar-refractivity contribution in [2.24, 2.45) is 0 Å². The van der Waals surface area contributed by atoms with Crippen molar-refractivity contribution >= 4 is 21.8 Å². The minimum Gasteiger partial charge on any atom is -0.350 e. The third kappa shape index (κ3) is 2.58. The van der Waals surface area contributed by atoms with Crippen molar-refractivity contribution in [1.82, 2.24) is 5.32 Å². The molecule has 0 aliphatic carbocycles. The van der Waals surface area contributed by atoms with E-state index in [1.54, 1.807) is 0 Å². The summed E-state index contributed by atoms with van der Waals surface area (Å²) in [7, 11) is 0. The Morgan fingerprint density at radius 3 is 2.64 bits per heavy atom. The zero-order valence-corrected chi connectivity index (χ0v) is 10.2. The van der Waals surface area contributed by atoms with Gasteiger partial charge in [0, 0.05) is 10.5 Å². The normalized spacial score (nSPS) is 10.4. The standard InChI is InChI=1S/C11H14BrNO/c1-7(2)13-11(14)9-6-4-5-8(3)10(9)12/h4-7H,1-3H3,(H,13,14). The Hall–Kier alpha value is -0.830. The van der Waals surface area contributed by atoms with Crippen LogP contribution < -0.4 is 5.32 Å². The highest BCUT2D eigenvalue weighted by Gasteiger charge is 2.11. The van der Waals surface area contributed by atoms with E-state index in [9.17, 15) is 4.79 Å². The number of carbonyl (C=O) groups is 1. The molecule has 0 aliphatic heterocycles. The van der Waals surface area contributed by atoms with Gasteiger partial charge < -0.3 is 5.32 Å². The van der Waals surface area contributed by atoms with E-state index in [-0.39, 0.29) is 11.9 Å². The Bertz CT molecular complexity index is 347. The average Bonchev–Trinajstić information content (AvgIpc) is 2.08. The first-order valence-electron chi connectivity index (χ1n) is 4.58. The highest BCUT2D eigenvalue weighted by Crippen LogP contribution is 2.20. The molecule has 0 fully saturated rings. The van der Waals surface area contributed by atoms with E-state index in [1.165, 1.54) is 0 Å². The Kier molecular flexibility index (Phi) is 3.69. The molecule has 76 valence electrons. The number of rotatable bonds is 2. The van der Waals surface area contributed by atoms with Gasteiger partial charge in [-0.2, -0.15) is 0 Å². The maximum absolute atomic E-state index is 11.7. The third-order valence-corrected chi connectivity index (χ3v) is 2.91. The fourth-order valence-electron chi connectivity index (χ4n) is 1.16. The summed E-state index contributed by atoms with van der Waals surface area (Å²) in [4.78, 5) is 11.7. The van der Waals surface area contributed by atoms with Gasteiger partial charge >= 0.3 is 0 Å². The van der Waals surface area contributed by atoms with Crippen LogP contribution in [0.1, 0.15) is 29.8 Å². The first-order valence-corrected chi connectivity index (χ1v) is 5.37. The molecule has 0 atom stereocenters. The van der Waals surface area contributed by atoms with Gasteiger partial charge in [0.15, 0.2) is 0 Å². The van der Waals surface area contributed by atoms with Crippen LogP contribution in [0.25, 0.3) is 0 Å². The molecule has 2 nitrogen and oxygen atoms in total. The van der Waals surface area contributed by atoms with Crippen molar-refractivity contribution in [3.8, 4) is 0 Å². The summed E-state index contributed by atoms with van der Waals surface area (Å²) < 4.78 is 0.873. The van der Waals surface area contributed by atoms with Crippen molar-refractivity contribution in [2.45, 2.75) is 26.8 Å². The smallest absolute Gasteiger partial charge is 0.252 e. The molecule has 0 aromatic heterocycles. The molecule has 1 N–H and O–H groups in total. The summed E-state index contributed by atoms with van der Waals surface area (Å²) >= 11 is 3.41. The zero-order valence-electron chi connectivity index (χ0n) is 8.60. The SMILES string of the molecule is Cc1cccc(C(=O)NC(C)C)c1Br. The second-order valence-corrected chi connectivity index (χ2v) is 4.36. The molecule has 1 aromatic carbocycles. The first-order chi connectivity index (χ1) is 6.52. The summed E-state index contributed by atoms with van der Waals surface area (Å²) in [5, 5.41) is 2.86. The highest BCUT2D eigenvalue weighted by atomic mass is 79.9. The van der Waals surface area contributed by atoms with Crippen LogP contribution in [-0.4, -0.2) is 11.9 Å². The number of aryl methyl sites for hydroxylation is 1. The Balaban J connectivity index is 2.96. The van der Waals surface area contributed by atoms with Crippen LogP contribution in [0.2, 0.25) is 0 Å². The highest BCUT2D eigenvalue weighted by molar-refractivity contribution is 9.10. The van der Waals surface area contributed by atoms with Crippen molar-refractivity contribution < 1.29 is 4.79 Å². The van der Waals surface area contributed by atoms with Crippen molar-refractivity contribution in [3.05, 3.63) is 33.8 Å². The van der Waals surface area contributed by atoms with Crippen LogP contribution in [0.4, 0.5) is 0 Å². The number of nitrogens with one attached hydrogen (secondary N) is 1. The molecule has 0 radical (unpaired) electrons. The maximum atomic E-state index is 11.7. The second-order valence-electron chi connectivity index (χ2n) is 3.56. The number of halogens is 1. The molecular formula is C11H14BrNO. The summed E-state index contributed by atoms with van der Waals surface area (Å²) in [6.45, 7) is 5.86. The van der Waals surface area contributed by atoms with Crippen molar-refractivity contribution in [2.75, 3.05) is 0 Å². The summed E-state index contributed by atoms with van der Waals surface area (Å²) in [5.41, 5.74) is 1.76. The van der Waals surface area contributed by atoms with Gasteiger partial charge in [0.2, 0.25) is 0 Å². The van der Waals surface area contributed by atoms with Gasteiger partial charge in [0.1, 0.15) is 0 Å². The predicted molar refractivity (Wildman–Crippen MR) is 61.5 cm³/mol. The number of hydrogen-bond acceptors (Lipinski definition) is 1. The second kappa shape index (κ2) is 4.60. The Labute approximate surface area is 92.8 Å². The molecule has 0 unspecified atom stereocenters. The lowest BCUT2D eigenvalue weighted by Gasteiger charge is -2.10. The van der Waals surface area contributed by atoms with Gasteiger partial charge in [-0.05, 0) is 48.3 Å². The molecular weight excluding hydrogens is 242 g/mol. The molecule has 3 heteroatoms. The van der Waals surface area contributed by atoms with Crippen LogP contribution in [-0.2, 0) is 0 Å². The fourth-order valence-corrected chi connectivity index (χ4v) is 1.61. The van der Waals surface area contributed by atoms with E-state index in [2.05, 4.69) is 21.2 Å². The van der Waals surface area contributed by atoms with Gasteiger partial charge in [0.25, 0.3) is 5.91 Å².